The van der Waals surface area contributed by atoms with E-state index in [1.807, 2.05) is 6.07 Å². The van der Waals surface area contributed by atoms with Gasteiger partial charge in [-0.1, -0.05) is 26.3 Å². The van der Waals surface area contributed by atoms with E-state index >= 15 is 0 Å². The predicted molar refractivity (Wildman–Crippen MR) is 79.0 cm³/mol. The summed E-state index contributed by atoms with van der Waals surface area (Å²) >= 11 is 0. The minimum Gasteiger partial charge on any atom is -0.374 e. The first-order chi connectivity index (χ1) is 9.11. The van der Waals surface area contributed by atoms with E-state index in [1.165, 1.54) is 12.8 Å². The van der Waals surface area contributed by atoms with E-state index < -0.39 is 0 Å². The van der Waals surface area contributed by atoms with Crippen LogP contribution in [0, 0.1) is 11.7 Å². The van der Waals surface area contributed by atoms with Crippen LogP contribution >= 0.6 is 0 Å². The van der Waals surface area contributed by atoms with E-state index in [-0.39, 0.29) is 5.82 Å². The maximum absolute atomic E-state index is 14.0. The summed E-state index contributed by atoms with van der Waals surface area (Å²) < 4.78 is 14.0. The molecule has 1 aliphatic carbocycles. The lowest BCUT2D eigenvalue weighted by Gasteiger charge is -2.25. The molecule has 106 valence electrons. The molecule has 3 heteroatoms. The van der Waals surface area contributed by atoms with Crippen LogP contribution in [-0.2, 0) is 6.54 Å². The molecule has 0 spiro atoms. The Hall–Kier alpha value is -1.09. The van der Waals surface area contributed by atoms with Crippen molar-refractivity contribution < 1.29 is 4.39 Å². The maximum Gasteiger partial charge on any atom is 0.129 e. The molecule has 1 aliphatic rings. The second-order valence-corrected chi connectivity index (χ2v) is 5.79. The third-order valence-corrected chi connectivity index (χ3v) is 3.93. The Balaban J connectivity index is 2.10. The van der Waals surface area contributed by atoms with Gasteiger partial charge in [0.05, 0.1) is 0 Å². The summed E-state index contributed by atoms with van der Waals surface area (Å²) in [6, 6.07) is 5.99. The standard InChI is InChI=1S/C16H25FN2/c1-4-12(2)11-19(3)16-7-5-6-15(17)14(16)10-18-13-8-9-13/h5-7,12-13,18H,4,8-11H2,1-3H3. The molecule has 0 saturated heterocycles. The molecule has 2 nitrogen and oxygen atoms in total. The van der Waals surface area contributed by atoms with E-state index in [9.17, 15) is 4.39 Å². The maximum atomic E-state index is 14.0. The van der Waals surface area contributed by atoms with Gasteiger partial charge in [0.25, 0.3) is 0 Å². The molecule has 2 rings (SSSR count). The number of anilines is 1. The second kappa shape index (κ2) is 6.38. The summed E-state index contributed by atoms with van der Waals surface area (Å²) in [4.78, 5) is 2.18. The van der Waals surface area contributed by atoms with E-state index in [0.29, 0.717) is 18.5 Å². The molecule has 19 heavy (non-hydrogen) atoms. The Morgan fingerprint density at radius 1 is 1.42 bits per heavy atom. The van der Waals surface area contributed by atoms with Gasteiger partial charge < -0.3 is 10.2 Å². The largest absolute Gasteiger partial charge is 0.374 e. The summed E-state index contributed by atoms with van der Waals surface area (Å²) in [6.45, 7) is 6.03. The van der Waals surface area contributed by atoms with Crippen LogP contribution in [0.15, 0.2) is 18.2 Å². The van der Waals surface area contributed by atoms with Crippen molar-refractivity contribution in [1.29, 1.82) is 0 Å². The zero-order valence-corrected chi connectivity index (χ0v) is 12.2. The van der Waals surface area contributed by atoms with Crippen molar-refractivity contribution in [1.82, 2.24) is 5.32 Å². The first-order valence-electron chi connectivity index (χ1n) is 7.33. The lowest BCUT2D eigenvalue weighted by Crippen LogP contribution is -2.26. The predicted octanol–water partition coefficient (Wildman–Crippen LogP) is 3.56. The van der Waals surface area contributed by atoms with E-state index in [0.717, 1.165) is 24.2 Å². The van der Waals surface area contributed by atoms with Crippen LogP contribution in [-0.4, -0.2) is 19.6 Å². The molecule has 1 atom stereocenters. The fraction of sp³-hybridized carbons (Fsp3) is 0.625. The monoisotopic (exact) mass is 264 g/mol. The van der Waals surface area contributed by atoms with Crippen molar-refractivity contribution in [2.45, 2.75) is 45.7 Å². The topological polar surface area (TPSA) is 15.3 Å². The van der Waals surface area contributed by atoms with Crippen molar-refractivity contribution >= 4 is 5.69 Å². The third-order valence-electron chi connectivity index (χ3n) is 3.93. The fourth-order valence-corrected chi connectivity index (χ4v) is 2.31. The Labute approximate surface area is 116 Å². The summed E-state index contributed by atoms with van der Waals surface area (Å²) in [7, 11) is 2.06. The summed E-state index contributed by atoms with van der Waals surface area (Å²) in [5.74, 6) is 0.527. The minimum atomic E-state index is -0.0957. The van der Waals surface area contributed by atoms with Crippen LogP contribution in [0.2, 0.25) is 0 Å². The van der Waals surface area contributed by atoms with Crippen LogP contribution in [0.3, 0.4) is 0 Å². The molecule has 1 unspecified atom stereocenters. The van der Waals surface area contributed by atoms with Crippen molar-refractivity contribution in [2.24, 2.45) is 5.92 Å². The SMILES string of the molecule is CCC(C)CN(C)c1cccc(F)c1CNC1CC1. The van der Waals surface area contributed by atoms with Gasteiger partial charge in [-0.3, -0.25) is 0 Å². The van der Waals surface area contributed by atoms with Gasteiger partial charge >= 0.3 is 0 Å². The third kappa shape index (κ3) is 3.93. The minimum absolute atomic E-state index is 0.0957. The first-order valence-corrected chi connectivity index (χ1v) is 7.33. The number of benzene rings is 1. The van der Waals surface area contributed by atoms with Gasteiger partial charge in [0.1, 0.15) is 5.82 Å². The van der Waals surface area contributed by atoms with Crippen molar-refractivity contribution in [3.63, 3.8) is 0 Å². The quantitative estimate of drug-likeness (QED) is 0.810. The molecule has 1 aromatic carbocycles. The summed E-state index contributed by atoms with van der Waals surface area (Å²) in [5.41, 5.74) is 1.83. The average Bonchev–Trinajstić information content (AvgIpc) is 3.20. The van der Waals surface area contributed by atoms with Gasteiger partial charge in [0.15, 0.2) is 0 Å². The Kier molecular flexibility index (Phi) is 4.81. The van der Waals surface area contributed by atoms with Crippen LogP contribution in [0.25, 0.3) is 0 Å². The highest BCUT2D eigenvalue weighted by molar-refractivity contribution is 5.53. The molecule has 1 saturated carbocycles. The summed E-state index contributed by atoms with van der Waals surface area (Å²) in [5, 5.41) is 3.41. The molecule has 0 heterocycles. The lowest BCUT2D eigenvalue weighted by molar-refractivity contribution is 0.552. The molecule has 0 amide bonds. The number of rotatable bonds is 7. The van der Waals surface area contributed by atoms with Gasteiger partial charge in [0, 0.05) is 37.4 Å². The molecule has 1 fully saturated rings. The van der Waals surface area contributed by atoms with Crippen molar-refractivity contribution in [3.8, 4) is 0 Å². The number of hydrogen-bond acceptors (Lipinski definition) is 2. The zero-order valence-electron chi connectivity index (χ0n) is 12.2. The lowest BCUT2D eigenvalue weighted by atomic mass is 10.1. The van der Waals surface area contributed by atoms with Crippen LogP contribution in [0.5, 0.6) is 0 Å². The highest BCUT2D eigenvalue weighted by Gasteiger charge is 2.22. The zero-order chi connectivity index (χ0) is 13.8. The highest BCUT2D eigenvalue weighted by Crippen LogP contribution is 2.25. The second-order valence-electron chi connectivity index (χ2n) is 5.79. The molecular weight excluding hydrogens is 239 g/mol. The molecule has 1 aromatic rings. The van der Waals surface area contributed by atoms with Gasteiger partial charge in [-0.2, -0.15) is 0 Å². The van der Waals surface area contributed by atoms with Crippen molar-refractivity contribution in [3.05, 3.63) is 29.6 Å². The molecule has 1 N–H and O–H groups in total. The van der Waals surface area contributed by atoms with Crippen LogP contribution in [0.1, 0.15) is 38.7 Å². The highest BCUT2D eigenvalue weighted by atomic mass is 19.1. The van der Waals surface area contributed by atoms with Gasteiger partial charge in [-0.25, -0.2) is 4.39 Å². The van der Waals surface area contributed by atoms with Gasteiger partial charge in [-0.05, 0) is 30.9 Å². The van der Waals surface area contributed by atoms with E-state index in [2.05, 4.69) is 31.1 Å². The average molecular weight is 264 g/mol. The van der Waals surface area contributed by atoms with E-state index in [1.54, 1.807) is 12.1 Å². The molecule has 0 aliphatic heterocycles. The number of nitrogens with one attached hydrogen (secondary N) is 1. The molecule has 0 aromatic heterocycles. The fourth-order valence-electron chi connectivity index (χ4n) is 2.31. The smallest absolute Gasteiger partial charge is 0.129 e. The first kappa shape index (κ1) is 14.3. The van der Waals surface area contributed by atoms with Crippen LogP contribution in [0.4, 0.5) is 10.1 Å². The number of halogens is 1. The van der Waals surface area contributed by atoms with Gasteiger partial charge in [-0.15, -0.1) is 0 Å². The number of nitrogens with zero attached hydrogens (tertiary/aromatic N) is 1. The Morgan fingerprint density at radius 3 is 2.79 bits per heavy atom. The normalized spacial score (nSPS) is 16.4. The Bertz CT molecular complexity index is 415. The summed E-state index contributed by atoms with van der Waals surface area (Å²) in [6.07, 6.45) is 3.61. The number of hydrogen-bond donors (Lipinski definition) is 1. The molecule has 0 radical (unpaired) electrons. The molecule has 0 bridgehead atoms. The van der Waals surface area contributed by atoms with E-state index in [4.69, 9.17) is 0 Å². The van der Waals surface area contributed by atoms with Crippen molar-refractivity contribution in [2.75, 3.05) is 18.5 Å². The Morgan fingerprint density at radius 2 is 2.16 bits per heavy atom. The van der Waals surface area contributed by atoms with Crippen LogP contribution < -0.4 is 10.2 Å². The van der Waals surface area contributed by atoms with Gasteiger partial charge in [0.2, 0.25) is 0 Å². The molecular formula is C16H25FN2.